The summed E-state index contributed by atoms with van der Waals surface area (Å²) < 4.78 is 4.56. The number of benzene rings is 1. The number of carbonyl (C=O) groups is 2. The van der Waals surface area contributed by atoms with Gasteiger partial charge in [-0.25, -0.2) is 0 Å². The SMILES string of the molecule is COC(=O)CCN(C)CCC(=O)Nc1ccccc1C#N. The topological polar surface area (TPSA) is 82.4 Å². The highest BCUT2D eigenvalue weighted by Gasteiger charge is 2.09. The van der Waals surface area contributed by atoms with Crippen LogP contribution in [0.4, 0.5) is 5.69 Å². The van der Waals surface area contributed by atoms with Crippen LogP contribution in [-0.2, 0) is 14.3 Å². The van der Waals surface area contributed by atoms with Gasteiger partial charge in [-0.05, 0) is 19.2 Å². The number of amides is 1. The molecule has 0 fully saturated rings. The lowest BCUT2D eigenvalue weighted by Gasteiger charge is -2.15. The standard InChI is InChI=1S/C15H19N3O3/c1-18(10-8-15(20)21-2)9-7-14(19)17-13-6-4-3-5-12(13)11-16/h3-6H,7-10H2,1-2H3,(H,17,19). The van der Waals surface area contributed by atoms with Crippen molar-refractivity contribution < 1.29 is 14.3 Å². The molecule has 0 saturated carbocycles. The van der Waals surface area contributed by atoms with E-state index in [1.54, 1.807) is 24.3 Å². The predicted molar refractivity (Wildman–Crippen MR) is 78.5 cm³/mol. The van der Waals surface area contributed by atoms with Crippen LogP contribution in [0.5, 0.6) is 0 Å². The molecule has 0 aliphatic heterocycles. The Kier molecular flexibility index (Phi) is 6.92. The quantitative estimate of drug-likeness (QED) is 0.767. The Morgan fingerprint density at radius 1 is 1.29 bits per heavy atom. The van der Waals surface area contributed by atoms with E-state index in [0.717, 1.165) is 0 Å². The first-order chi connectivity index (χ1) is 10.1. The highest BCUT2D eigenvalue weighted by molar-refractivity contribution is 5.92. The van der Waals surface area contributed by atoms with Crippen molar-refractivity contribution >= 4 is 17.6 Å². The van der Waals surface area contributed by atoms with Gasteiger partial charge in [-0.1, -0.05) is 12.1 Å². The van der Waals surface area contributed by atoms with Gasteiger partial charge in [0.25, 0.3) is 0 Å². The molecule has 0 aliphatic carbocycles. The number of para-hydroxylation sites is 1. The molecule has 0 heterocycles. The molecule has 0 atom stereocenters. The second-order valence-electron chi connectivity index (χ2n) is 4.58. The van der Waals surface area contributed by atoms with Crippen LogP contribution in [-0.4, -0.2) is 44.0 Å². The van der Waals surface area contributed by atoms with Crippen molar-refractivity contribution in [2.45, 2.75) is 12.8 Å². The molecule has 0 spiro atoms. The van der Waals surface area contributed by atoms with Crippen molar-refractivity contribution in [2.75, 3.05) is 32.6 Å². The maximum absolute atomic E-state index is 11.8. The zero-order chi connectivity index (χ0) is 15.7. The van der Waals surface area contributed by atoms with E-state index < -0.39 is 0 Å². The molecule has 1 aromatic carbocycles. The van der Waals surface area contributed by atoms with E-state index in [1.807, 2.05) is 18.0 Å². The van der Waals surface area contributed by atoms with Crippen LogP contribution in [0.25, 0.3) is 0 Å². The number of carbonyl (C=O) groups excluding carboxylic acids is 2. The van der Waals surface area contributed by atoms with E-state index in [0.29, 0.717) is 30.8 Å². The smallest absolute Gasteiger partial charge is 0.306 e. The predicted octanol–water partition coefficient (Wildman–Crippen LogP) is 1.38. The number of nitrogens with one attached hydrogen (secondary N) is 1. The van der Waals surface area contributed by atoms with Gasteiger partial charge in [-0.2, -0.15) is 5.26 Å². The summed E-state index contributed by atoms with van der Waals surface area (Å²) in [5, 5.41) is 11.7. The molecule has 1 amide bonds. The van der Waals surface area contributed by atoms with Crippen LogP contribution in [0.3, 0.4) is 0 Å². The van der Waals surface area contributed by atoms with Crippen LogP contribution >= 0.6 is 0 Å². The van der Waals surface area contributed by atoms with Crippen LogP contribution in [0.2, 0.25) is 0 Å². The first kappa shape index (κ1) is 16.7. The Morgan fingerprint density at radius 2 is 1.95 bits per heavy atom. The fourth-order valence-electron chi connectivity index (χ4n) is 1.69. The summed E-state index contributed by atoms with van der Waals surface area (Å²) in [6, 6.07) is 8.88. The normalized spacial score (nSPS) is 10.0. The molecule has 21 heavy (non-hydrogen) atoms. The zero-order valence-electron chi connectivity index (χ0n) is 12.3. The molecule has 1 aromatic rings. The van der Waals surface area contributed by atoms with E-state index in [1.165, 1.54) is 7.11 Å². The molecule has 0 bridgehead atoms. The minimum Gasteiger partial charge on any atom is -0.469 e. The molecule has 0 radical (unpaired) electrons. The van der Waals surface area contributed by atoms with E-state index in [2.05, 4.69) is 10.1 Å². The third-order valence-corrected chi connectivity index (χ3v) is 2.97. The third kappa shape index (κ3) is 6.06. The molecule has 0 aromatic heterocycles. The third-order valence-electron chi connectivity index (χ3n) is 2.97. The van der Waals surface area contributed by atoms with E-state index in [9.17, 15) is 9.59 Å². The summed E-state index contributed by atoms with van der Waals surface area (Å²) in [5.74, 6) is -0.433. The summed E-state index contributed by atoms with van der Waals surface area (Å²) in [6.45, 7) is 1.06. The summed E-state index contributed by atoms with van der Waals surface area (Å²) in [4.78, 5) is 24.7. The second kappa shape index (κ2) is 8.72. The van der Waals surface area contributed by atoms with Gasteiger partial charge in [0.1, 0.15) is 6.07 Å². The van der Waals surface area contributed by atoms with Gasteiger partial charge in [-0.15, -0.1) is 0 Å². The number of hydrogen-bond acceptors (Lipinski definition) is 5. The Labute approximate surface area is 124 Å². The summed E-state index contributed by atoms with van der Waals surface area (Å²) in [7, 11) is 3.18. The Bertz CT molecular complexity index is 537. The fraction of sp³-hybridized carbons (Fsp3) is 0.400. The molecule has 112 valence electrons. The molecular weight excluding hydrogens is 270 g/mol. The van der Waals surface area contributed by atoms with Gasteiger partial charge < -0.3 is 15.0 Å². The highest BCUT2D eigenvalue weighted by atomic mass is 16.5. The van der Waals surface area contributed by atoms with Crippen LogP contribution in [0, 0.1) is 11.3 Å². The van der Waals surface area contributed by atoms with E-state index in [-0.39, 0.29) is 18.3 Å². The first-order valence-electron chi connectivity index (χ1n) is 6.61. The Hall–Kier alpha value is -2.39. The molecule has 0 saturated heterocycles. The number of rotatable bonds is 7. The van der Waals surface area contributed by atoms with Crippen molar-refractivity contribution in [1.29, 1.82) is 5.26 Å². The number of esters is 1. The number of hydrogen-bond donors (Lipinski definition) is 1. The molecule has 1 rings (SSSR count). The Balaban J connectivity index is 2.37. The number of methoxy groups -OCH3 is 1. The molecular formula is C15H19N3O3. The van der Waals surface area contributed by atoms with Crippen molar-refractivity contribution in [3.63, 3.8) is 0 Å². The lowest BCUT2D eigenvalue weighted by molar-refractivity contribution is -0.140. The van der Waals surface area contributed by atoms with E-state index >= 15 is 0 Å². The second-order valence-corrected chi connectivity index (χ2v) is 4.58. The summed E-state index contributed by atoms with van der Waals surface area (Å²) in [5.41, 5.74) is 0.951. The van der Waals surface area contributed by atoms with Gasteiger partial charge in [0, 0.05) is 19.5 Å². The zero-order valence-corrected chi connectivity index (χ0v) is 12.3. The Morgan fingerprint density at radius 3 is 2.62 bits per heavy atom. The number of ether oxygens (including phenoxy) is 1. The number of nitrogens with zero attached hydrogens (tertiary/aromatic N) is 2. The van der Waals surface area contributed by atoms with Gasteiger partial charge in [0.2, 0.25) is 5.91 Å². The van der Waals surface area contributed by atoms with Crippen molar-refractivity contribution in [1.82, 2.24) is 4.90 Å². The van der Waals surface area contributed by atoms with Crippen molar-refractivity contribution in [3.8, 4) is 6.07 Å². The minimum atomic E-state index is -0.269. The minimum absolute atomic E-state index is 0.164. The lowest BCUT2D eigenvalue weighted by atomic mass is 10.2. The molecule has 0 unspecified atom stereocenters. The lowest BCUT2D eigenvalue weighted by Crippen LogP contribution is -2.26. The number of nitriles is 1. The van der Waals surface area contributed by atoms with Gasteiger partial charge in [0.05, 0.1) is 24.8 Å². The maximum Gasteiger partial charge on any atom is 0.306 e. The largest absolute Gasteiger partial charge is 0.469 e. The van der Waals surface area contributed by atoms with Gasteiger partial charge in [0.15, 0.2) is 0 Å². The highest BCUT2D eigenvalue weighted by Crippen LogP contribution is 2.13. The van der Waals surface area contributed by atoms with Gasteiger partial charge >= 0.3 is 5.97 Å². The average molecular weight is 289 g/mol. The fourth-order valence-corrected chi connectivity index (χ4v) is 1.69. The maximum atomic E-state index is 11.8. The van der Waals surface area contributed by atoms with Gasteiger partial charge in [-0.3, -0.25) is 9.59 Å². The first-order valence-corrected chi connectivity index (χ1v) is 6.61. The monoisotopic (exact) mass is 289 g/mol. The van der Waals surface area contributed by atoms with Crippen LogP contribution in [0.1, 0.15) is 18.4 Å². The molecule has 6 nitrogen and oxygen atoms in total. The summed E-state index contributed by atoms with van der Waals surface area (Å²) in [6.07, 6.45) is 0.587. The molecule has 1 N–H and O–H groups in total. The van der Waals surface area contributed by atoms with Crippen molar-refractivity contribution in [3.05, 3.63) is 29.8 Å². The van der Waals surface area contributed by atoms with Crippen LogP contribution < -0.4 is 5.32 Å². The van der Waals surface area contributed by atoms with Crippen LogP contribution in [0.15, 0.2) is 24.3 Å². The number of anilines is 1. The van der Waals surface area contributed by atoms with E-state index in [4.69, 9.17) is 5.26 Å². The average Bonchev–Trinajstić information content (AvgIpc) is 2.51. The summed E-state index contributed by atoms with van der Waals surface area (Å²) >= 11 is 0. The van der Waals surface area contributed by atoms with Crippen molar-refractivity contribution in [2.24, 2.45) is 0 Å². The molecule has 6 heteroatoms. The molecule has 0 aliphatic rings.